The number of rotatable bonds is 2. The van der Waals surface area contributed by atoms with E-state index in [0.717, 1.165) is 16.9 Å². The van der Waals surface area contributed by atoms with Gasteiger partial charge in [-0.1, -0.05) is 41.4 Å². The second-order valence-electron chi connectivity index (χ2n) is 3.50. The van der Waals surface area contributed by atoms with Crippen molar-refractivity contribution in [2.45, 2.75) is 6.92 Å². The van der Waals surface area contributed by atoms with Gasteiger partial charge in [-0.2, -0.15) is 0 Å². The van der Waals surface area contributed by atoms with Crippen molar-refractivity contribution in [2.75, 3.05) is 12.4 Å². The van der Waals surface area contributed by atoms with E-state index in [-0.39, 0.29) is 0 Å². The quantitative estimate of drug-likeness (QED) is 0.810. The lowest BCUT2D eigenvalue weighted by molar-refractivity contribution is 1.16. The van der Waals surface area contributed by atoms with Crippen molar-refractivity contribution in [3.05, 3.63) is 41.3 Å². The Morgan fingerprint density at radius 1 is 1.12 bits per heavy atom. The summed E-state index contributed by atoms with van der Waals surface area (Å²) in [6.45, 7) is 2.05. The SMILES string of the molecule is CNc1ncnc(Cl)c1-c1ccc(C)cc1. The molecule has 2 rings (SSSR count). The molecule has 0 fully saturated rings. The molecule has 3 nitrogen and oxygen atoms in total. The molecule has 0 saturated heterocycles. The maximum atomic E-state index is 6.09. The third-order valence-corrected chi connectivity index (χ3v) is 2.66. The summed E-state index contributed by atoms with van der Waals surface area (Å²) in [6.07, 6.45) is 1.45. The van der Waals surface area contributed by atoms with Gasteiger partial charge >= 0.3 is 0 Å². The largest absolute Gasteiger partial charge is 0.372 e. The molecule has 0 spiro atoms. The average Bonchev–Trinajstić information content (AvgIpc) is 2.30. The lowest BCUT2D eigenvalue weighted by Gasteiger charge is -2.09. The first kappa shape index (κ1) is 10.9. The van der Waals surface area contributed by atoms with E-state index < -0.39 is 0 Å². The van der Waals surface area contributed by atoms with E-state index in [2.05, 4.69) is 15.3 Å². The van der Waals surface area contributed by atoms with Crippen molar-refractivity contribution >= 4 is 17.4 Å². The average molecular weight is 234 g/mol. The van der Waals surface area contributed by atoms with E-state index in [9.17, 15) is 0 Å². The maximum Gasteiger partial charge on any atom is 0.142 e. The van der Waals surface area contributed by atoms with E-state index >= 15 is 0 Å². The highest BCUT2D eigenvalue weighted by Gasteiger charge is 2.10. The Bertz CT molecular complexity index is 494. The second kappa shape index (κ2) is 4.49. The fraction of sp³-hybridized carbons (Fsp3) is 0.167. The summed E-state index contributed by atoms with van der Waals surface area (Å²) < 4.78 is 0. The minimum atomic E-state index is 0.461. The Hall–Kier alpha value is -1.61. The number of aromatic nitrogens is 2. The van der Waals surface area contributed by atoms with Crippen LogP contribution in [0.1, 0.15) is 5.56 Å². The van der Waals surface area contributed by atoms with E-state index in [0.29, 0.717) is 5.15 Å². The molecular weight excluding hydrogens is 222 g/mol. The predicted octanol–water partition coefficient (Wildman–Crippen LogP) is 3.15. The van der Waals surface area contributed by atoms with Crippen molar-refractivity contribution < 1.29 is 0 Å². The van der Waals surface area contributed by atoms with Gasteiger partial charge in [0.1, 0.15) is 17.3 Å². The Labute approximate surface area is 99.5 Å². The van der Waals surface area contributed by atoms with Gasteiger partial charge in [-0.05, 0) is 12.5 Å². The highest BCUT2D eigenvalue weighted by Crippen LogP contribution is 2.31. The highest BCUT2D eigenvalue weighted by atomic mass is 35.5. The van der Waals surface area contributed by atoms with Gasteiger partial charge in [0.05, 0.1) is 5.56 Å². The Morgan fingerprint density at radius 2 is 1.81 bits per heavy atom. The fourth-order valence-corrected chi connectivity index (χ4v) is 1.77. The number of anilines is 1. The van der Waals surface area contributed by atoms with Crippen molar-refractivity contribution in [1.82, 2.24) is 9.97 Å². The lowest BCUT2D eigenvalue weighted by Crippen LogP contribution is -1.97. The number of aryl methyl sites for hydroxylation is 1. The molecule has 0 unspecified atom stereocenters. The first-order chi connectivity index (χ1) is 7.72. The zero-order chi connectivity index (χ0) is 11.5. The molecule has 1 heterocycles. The molecule has 0 aliphatic carbocycles. The normalized spacial score (nSPS) is 10.2. The molecule has 82 valence electrons. The molecule has 0 atom stereocenters. The van der Waals surface area contributed by atoms with Gasteiger partial charge in [0.25, 0.3) is 0 Å². The van der Waals surface area contributed by atoms with Crippen molar-refractivity contribution in [3.63, 3.8) is 0 Å². The van der Waals surface area contributed by atoms with E-state index in [1.807, 2.05) is 38.2 Å². The zero-order valence-corrected chi connectivity index (χ0v) is 9.92. The summed E-state index contributed by atoms with van der Waals surface area (Å²) in [6, 6.07) is 8.11. The van der Waals surface area contributed by atoms with Crippen LogP contribution in [0.2, 0.25) is 5.15 Å². The summed E-state index contributed by atoms with van der Waals surface area (Å²) in [7, 11) is 1.82. The molecule has 1 aromatic heterocycles. The van der Waals surface area contributed by atoms with Crippen molar-refractivity contribution in [3.8, 4) is 11.1 Å². The van der Waals surface area contributed by atoms with Crippen molar-refractivity contribution in [1.29, 1.82) is 0 Å². The van der Waals surface area contributed by atoms with Crippen LogP contribution in [-0.2, 0) is 0 Å². The first-order valence-corrected chi connectivity index (χ1v) is 5.35. The van der Waals surface area contributed by atoms with Gasteiger partial charge in [-0.15, -0.1) is 0 Å². The van der Waals surface area contributed by atoms with Gasteiger partial charge in [0.15, 0.2) is 0 Å². The zero-order valence-electron chi connectivity index (χ0n) is 9.16. The minimum Gasteiger partial charge on any atom is -0.372 e. The van der Waals surface area contributed by atoms with Gasteiger partial charge in [0.2, 0.25) is 0 Å². The Kier molecular flexibility index (Phi) is 3.06. The van der Waals surface area contributed by atoms with Crippen LogP contribution in [0.25, 0.3) is 11.1 Å². The highest BCUT2D eigenvalue weighted by molar-refractivity contribution is 6.32. The summed E-state index contributed by atoms with van der Waals surface area (Å²) in [5.41, 5.74) is 3.06. The van der Waals surface area contributed by atoms with Crippen LogP contribution in [0.15, 0.2) is 30.6 Å². The molecule has 1 aromatic carbocycles. The van der Waals surface area contributed by atoms with E-state index in [1.165, 1.54) is 11.9 Å². The van der Waals surface area contributed by atoms with Crippen LogP contribution in [0, 0.1) is 6.92 Å². The number of benzene rings is 1. The summed E-state index contributed by atoms with van der Waals surface area (Å²) in [5, 5.41) is 3.48. The smallest absolute Gasteiger partial charge is 0.142 e. The third kappa shape index (κ3) is 1.99. The summed E-state index contributed by atoms with van der Waals surface area (Å²) in [4.78, 5) is 8.15. The standard InChI is InChI=1S/C12H12ClN3/c1-8-3-5-9(6-4-8)10-11(13)15-7-16-12(10)14-2/h3-7H,1-2H3,(H,14,15,16). The Morgan fingerprint density at radius 3 is 2.44 bits per heavy atom. The van der Waals surface area contributed by atoms with Crippen LogP contribution >= 0.6 is 11.6 Å². The number of hydrogen-bond donors (Lipinski definition) is 1. The van der Waals surface area contributed by atoms with Crippen LogP contribution in [-0.4, -0.2) is 17.0 Å². The third-order valence-electron chi connectivity index (χ3n) is 2.38. The number of halogens is 1. The number of nitrogens with zero attached hydrogens (tertiary/aromatic N) is 2. The molecule has 0 aliphatic heterocycles. The molecule has 1 N–H and O–H groups in total. The van der Waals surface area contributed by atoms with Crippen LogP contribution in [0.5, 0.6) is 0 Å². The van der Waals surface area contributed by atoms with Crippen molar-refractivity contribution in [2.24, 2.45) is 0 Å². The molecule has 0 radical (unpaired) electrons. The second-order valence-corrected chi connectivity index (χ2v) is 3.86. The molecule has 0 bridgehead atoms. The minimum absolute atomic E-state index is 0.461. The molecule has 2 aromatic rings. The topological polar surface area (TPSA) is 37.8 Å². The molecule has 4 heteroatoms. The van der Waals surface area contributed by atoms with E-state index in [4.69, 9.17) is 11.6 Å². The van der Waals surface area contributed by atoms with Gasteiger partial charge in [-0.25, -0.2) is 9.97 Å². The Balaban J connectivity index is 2.58. The monoisotopic (exact) mass is 233 g/mol. The molecule has 0 saturated carbocycles. The van der Waals surface area contributed by atoms with Gasteiger partial charge in [0, 0.05) is 7.05 Å². The molecule has 0 amide bonds. The molecule has 0 aliphatic rings. The van der Waals surface area contributed by atoms with Crippen LogP contribution in [0.4, 0.5) is 5.82 Å². The van der Waals surface area contributed by atoms with Crippen LogP contribution < -0.4 is 5.32 Å². The summed E-state index contributed by atoms with van der Waals surface area (Å²) in [5.74, 6) is 0.740. The lowest BCUT2D eigenvalue weighted by atomic mass is 10.1. The maximum absolute atomic E-state index is 6.09. The molecular formula is C12H12ClN3. The van der Waals surface area contributed by atoms with E-state index in [1.54, 1.807) is 0 Å². The predicted molar refractivity (Wildman–Crippen MR) is 66.8 cm³/mol. The number of hydrogen-bond acceptors (Lipinski definition) is 3. The number of nitrogens with one attached hydrogen (secondary N) is 1. The van der Waals surface area contributed by atoms with Crippen LogP contribution in [0.3, 0.4) is 0 Å². The fourth-order valence-electron chi connectivity index (χ4n) is 1.53. The van der Waals surface area contributed by atoms with Gasteiger partial charge in [-0.3, -0.25) is 0 Å². The first-order valence-electron chi connectivity index (χ1n) is 4.97. The summed E-state index contributed by atoms with van der Waals surface area (Å²) >= 11 is 6.09. The molecule has 16 heavy (non-hydrogen) atoms. The van der Waals surface area contributed by atoms with Gasteiger partial charge < -0.3 is 5.32 Å².